The molecule has 39 heavy (non-hydrogen) atoms. The molecule has 0 saturated carbocycles. The number of hydrogen-bond donors (Lipinski definition) is 0. The Hall–Kier alpha value is -4.17. The zero-order valence-corrected chi connectivity index (χ0v) is 23.2. The molecule has 7 nitrogen and oxygen atoms in total. The van der Waals surface area contributed by atoms with Crippen LogP contribution >= 0.6 is 12.2 Å². The number of methoxy groups -OCH3 is 2. The van der Waals surface area contributed by atoms with E-state index in [2.05, 4.69) is 24.0 Å². The van der Waals surface area contributed by atoms with Crippen molar-refractivity contribution in [3.63, 3.8) is 0 Å². The van der Waals surface area contributed by atoms with Gasteiger partial charge in [-0.05, 0) is 78.7 Å². The van der Waals surface area contributed by atoms with Crippen LogP contribution in [-0.4, -0.2) is 44.2 Å². The van der Waals surface area contributed by atoms with Gasteiger partial charge in [0, 0.05) is 18.8 Å². The zero-order valence-electron chi connectivity index (χ0n) is 22.3. The van der Waals surface area contributed by atoms with Crippen LogP contribution in [0.2, 0.25) is 0 Å². The minimum atomic E-state index is -0.509. The van der Waals surface area contributed by atoms with Crippen LogP contribution in [0.1, 0.15) is 30.9 Å². The number of anilines is 3. The van der Waals surface area contributed by atoms with Crippen molar-refractivity contribution in [2.45, 2.75) is 26.2 Å². The molecule has 2 aliphatic heterocycles. The van der Waals surface area contributed by atoms with E-state index in [0.29, 0.717) is 22.9 Å². The molecule has 2 aliphatic rings. The molecule has 0 bridgehead atoms. The molecule has 0 spiro atoms. The molecular formula is C31H31N3O4S. The number of fused-ring (bicyclic) bond motifs is 1. The molecule has 0 aromatic heterocycles. The topological polar surface area (TPSA) is 62.3 Å². The number of nitrogens with zero attached hydrogens (tertiary/aromatic N) is 3. The normalized spacial score (nSPS) is 15.1. The lowest BCUT2D eigenvalue weighted by atomic mass is 10.0. The van der Waals surface area contributed by atoms with Crippen LogP contribution in [0.25, 0.3) is 6.08 Å². The van der Waals surface area contributed by atoms with Crippen molar-refractivity contribution in [2.24, 2.45) is 0 Å². The lowest BCUT2D eigenvalue weighted by Crippen LogP contribution is -2.57. The average molecular weight is 542 g/mol. The van der Waals surface area contributed by atoms with Gasteiger partial charge in [-0.3, -0.25) is 9.59 Å². The Kier molecular flexibility index (Phi) is 7.65. The van der Waals surface area contributed by atoms with Crippen LogP contribution in [0, 0.1) is 0 Å². The van der Waals surface area contributed by atoms with Crippen molar-refractivity contribution in [2.75, 3.05) is 42.0 Å². The first kappa shape index (κ1) is 26.4. The predicted molar refractivity (Wildman–Crippen MR) is 159 cm³/mol. The Balaban J connectivity index is 1.61. The fourth-order valence-corrected chi connectivity index (χ4v) is 5.47. The van der Waals surface area contributed by atoms with E-state index in [9.17, 15) is 9.59 Å². The molecule has 0 N–H and O–H groups in total. The van der Waals surface area contributed by atoms with Crippen molar-refractivity contribution in [1.82, 2.24) is 0 Å². The van der Waals surface area contributed by atoms with Gasteiger partial charge in [0.1, 0.15) is 17.1 Å². The van der Waals surface area contributed by atoms with Crippen LogP contribution in [-0.2, 0) is 16.0 Å². The van der Waals surface area contributed by atoms with Crippen molar-refractivity contribution >= 4 is 52.3 Å². The van der Waals surface area contributed by atoms with Crippen LogP contribution < -0.4 is 24.2 Å². The minimum absolute atomic E-state index is 0.00111. The van der Waals surface area contributed by atoms with E-state index in [1.165, 1.54) is 35.3 Å². The highest BCUT2D eigenvalue weighted by atomic mass is 32.1. The summed E-state index contributed by atoms with van der Waals surface area (Å²) in [4.78, 5) is 33.1. The number of carbonyl (C=O) groups excluding carboxylic acids is 2. The summed E-state index contributed by atoms with van der Waals surface area (Å²) in [5, 5.41) is 0.0247. The van der Waals surface area contributed by atoms with Gasteiger partial charge in [-0.1, -0.05) is 43.7 Å². The van der Waals surface area contributed by atoms with Gasteiger partial charge < -0.3 is 14.4 Å². The summed E-state index contributed by atoms with van der Waals surface area (Å²) in [6.07, 6.45) is 4.88. The molecule has 0 radical (unpaired) electrons. The average Bonchev–Trinajstić information content (AvgIpc) is 3.36. The van der Waals surface area contributed by atoms with E-state index in [1.807, 2.05) is 18.2 Å². The monoisotopic (exact) mass is 541 g/mol. The van der Waals surface area contributed by atoms with E-state index in [0.717, 1.165) is 37.9 Å². The van der Waals surface area contributed by atoms with Crippen molar-refractivity contribution in [3.8, 4) is 11.5 Å². The first-order valence-corrected chi connectivity index (χ1v) is 13.5. The second kappa shape index (κ2) is 11.3. The number of hydrogen-bond acceptors (Lipinski definition) is 6. The molecule has 0 atom stereocenters. The quantitative estimate of drug-likeness (QED) is 0.210. The highest BCUT2D eigenvalue weighted by Gasteiger charge is 2.43. The summed E-state index contributed by atoms with van der Waals surface area (Å²) < 4.78 is 11.1. The van der Waals surface area contributed by atoms with Crippen LogP contribution in [0.3, 0.4) is 0 Å². The molecule has 2 amide bonds. The fourth-order valence-electron chi connectivity index (χ4n) is 5.11. The van der Waals surface area contributed by atoms with Crippen LogP contribution in [0.5, 0.6) is 11.5 Å². The molecule has 0 aliphatic carbocycles. The van der Waals surface area contributed by atoms with E-state index in [1.54, 1.807) is 42.5 Å². The maximum absolute atomic E-state index is 14.0. The molecule has 200 valence electrons. The van der Waals surface area contributed by atoms with Gasteiger partial charge in [0.05, 0.1) is 25.6 Å². The third-order valence-electron chi connectivity index (χ3n) is 7.09. The lowest BCUT2D eigenvalue weighted by Gasteiger charge is -2.37. The molecule has 0 unspecified atom stereocenters. The highest BCUT2D eigenvalue weighted by molar-refractivity contribution is 7.81. The van der Waals surface area contributed by atoms with E-state index in [-0.39, 0.29) is 10.7 Å². The molecule has 2 heterocycles. The van der Waals surface area contributed by atoms with E-state index >= 15 is 0 Å². The van der Waals surface area contributed by atoms with Gasteiger partial charge in [0.2, 0.25) is 0 Å². The van der Waals surface area contributed by atoms with Crippen molar-refractivity contribution in [1.29, 1.82) is 0 Å². The Morgan fingerprint density at radius 1 is 0.846 bits per heavy atom. The SMILES string of the molecule is CCCCN1CCc2cc(C=C3C(=O)N(c4ccccc4OC)C(=S)N(c4ccccc4OC)C3=O)ccc21. The Morgan fingerprint density at radius 2 is 1.44 bits per heavy atom. The minimum Gasteiger partial charge on any atom is -0.495 e. The maximum Gasteiger partial charge on any atom is 0.270 e. The summed E-state index contributed by atoms with van der Waals surface area (Å²) in [7, 11) is 3.06. The maximum atomic E-state index is 14.0. The summed E-state index contributed by atoms with van der Waals surface area (Å²) in [5.74, 6) is -0.0883. The third kappa shape index (κ3) is 4.88. The van der Waals surface area contributed by atoms with Crippen LogP contribution in [0.4, 0.5) is 17.1 Å². The van der Waals surface area contributed by atoms with Gasteiger partial charge in [-0.15, -0.1) is 0 Å². The summed E-state index contributed by atoms with van der Waals surface area (Å²) in [6, 6.07) is 20.3. The largest absolute Gasteiger partial charge is 0.495 e. The summed E-state index contributed by atoms with van der Waals surface area (Å²) in [5.41, 5.74) is 4.13. The smallest absolute Gasteiger partial charge is 0.270 e. The molecule has 5 rings (SSSR count). The standard InChI is InChI=1S/C31H31N3O4S/c1-4-5-17-32-18-16-22-19-21(14-15-24(22)32)20-23-29(35)33(25-10-6-8-12-27(25)37-2)31(39)34(30(23)36)26-11-7-9-13-28(26)38-3/h6-15,19-20H,4-5,16-18H2,1-3H3. The van der Waals surface area contributed by atoms with Gasteiger partial charge in [-0.2, -0.15) is 0 Å². The number of ether oxygens (including phenoxy) is 2. The highest BCUT2D eigenvalue weighted by Crippen LogP contribution is 2.38. The van der Waals surface area contributed by atoms with Gasteiger partial charge in [-0.25, -0.2) is 9.80 Å². The number of amides is 2. The van der Waals surface area contributed by atoms with Gasteiger partial charge in [0.15, 0.2) is 5.11 Å². The number of rotatable bonds is 8. The van der Waals surface area contributed by atoms with Gasteiger partial charge in [0.25, 0.3) is 11.8 Å². The number of para-hydroxylation sites is 4. The number of unbranched alkanes of at least 4 members (excludes halogenated alkanes) is 1. The Labute approximate surface area is 234 Å². The third-order valence-corrected chi connectivity index (χ3v) is 7.45. The zero-order chi connectivity index (χ0) is 27.5. The van der Waals surface area contributed by atoms with Crippen molar-refractivity contribution in [3.05, 3.63) is 83.4 Å². The molecule has 1 saturated heterocycles. The summed E-state index contributed by atoms with van der Waals surface area (Å²) in [6.45, 7) is 4.20. The number of thiocarbonyl (C=S) groups is 1. The number of carbonyl (C=O) groups is 2. The molecule has 3 aromatic carbocycles. The summed E-state index contributed by atoms with van der Waals surface area (Å²) >= 11 is 5.78. The molecular weight excluding hydrogens is 510 g/mol. The lowest BCUT2D eigenvalue weighted by molar-refractivity contribution is -0.120. The molecule has 3 aromatic rings. The molecule has 1 fully saturated rings. The van der Waals surface area contributed by atoms with Crippen molar-refractivity contribution < 1.29 is 19.1 Å². The van der Waals surface area contributed by atoms with E-state index < -0.39 is 11.8 Å². The predicted octanol–water partition coefficient (Wildman–Crippen LogP) is 5.61. The van der Waals surface area contributed by atoms with Crippen LogP contribution in [0.15, 0.2) is 72.3 Å². The van der Waals surface area contributed by atoms with Gasteiger partial charge >= 0.3 is 0 Å². The first-order valence-electron chi connectivity index (χ1n) is 13.1. The number of benzene rings is 3. The first-order chi connectivity index (χ1) is 19.0. The fraction of sp³-hybridized carbons (Fsp3) is 0.258. The second-order valence-corrected chi connectivity index (χ2v) is 9.81. The molecule has 8 heteroatoms. The van der Waals surface area contributed by atoms with E-state index in [4.69, 9.17) is 21.7 Å². The Morgan fingerprint density at radius 3 is 2.00 bits per heavy atom. The second-order valence-electron chi connectivity index (χ2n) is 9.44. The Bertz CT molecular complexity index is 1400.